The minimum atomic E-state index is -0.550. The van der Waals surface area contributed by atoms with Crippen LogP contribution in [-0.2, 0) is 0 Å². The first-order valence-electron chi connectivity index (χ1n) is 4.20. The number of rotatable bonds is 1. The molecule has 0 atom stereocenters. The van der Waals surface area contributed by atoms with E-state index in [1.807, 2.05) is 0 Å². The van der Waals surface area contributed by atoms with Gasteiger partial charge >= 0.3 is 0 Å². The quantitative estimate of drug-likeness (QED) is 0.814. The van der Waals surface area contributed by atoms with Crippen LogP contribution >= 0.6 is 11.6 Å². The fourth-order valence-electron chi connectivity index (χ4n) is 1.23. The molecule has 0 radical (unpaired) electrons. The minimum Gasteiger partial charge on any atom is -0.503 e. The Morgan fingerprint density at radius 2 is 2.20 bits per heavy atom. The zero-order valence-corrected chi connectivity index (χ0v) is 8.55. The molecule has 5 heteroatoms. The highest BCUT2D eigenvalue weighted by atomic mass is 35.5. The minimum absolute atomic E-state index is 0.0849. The summed E-state index contributed by atoms with van der Waals surface area (Å²) in [6.45, 7) is 1.54. The van der Waals surface area contributed by atoms with Crippen LogP contribution in [0.5, 0.6) is 5.75 Å². The lowest BCUT2D eigenvalue weighted by Gasteiger charge is -1.99. The first-order valence-corrected chi connectivity index (χ1v) is 4.58. The van der Waals surface area contributed by atoms with Crippen LogP contribution in [0.2, 0.25) is 5.02 Å². The van der Waals surface area contributed by atoms with Crippen LogP contribution in [0.3, 0.4) is 0 Å². The second kappa shape index (κ2) is 3.55. The molecule has 1 aromatic carbocycles. The van der Waals surface area contributed by atoms with E-state index in [1.165, 1.54) is 12.1 Å². The van der Waals surface area contributed by atoms with Crippen molar-refractivity contribution in [2.45, 2.75) is 6.92 Å². The molecule has 1 aromatic heterocycles. The average molecular weight is 228 g/mol. The highest BCUT2D eigenvalue weighted by Crippen LogP contribution is 2.33. The highest BCUT2D eigenvalue weighted by molar-refractivity contribution is 6.30. The SMILES string of the molecule is Cc1onc(-c2ccc(Cl)cc2F)c1O. The lowest BCUT2D eigenvalue weighted by Crippen LogP contribution is -1.84. The molecule has 0 fully saturated rings. The van der Waals surface area contributed by atoms with E-state index in [0.29, 0.717) is 0 Å². The first-order chi connectivity index (χ1) is 7.09. The molecule has 0 spiro atoms. The number of aromatic hydroxyl groups is 1. The molecule has 2 aromatic rings. The molecule has 0 saturated heterocycles. The fraction of sp³-hybridized carbons (Fsp3) is 0.100. The maximum atomic E-state index is 13.4. The van der Waals surface area contributed by atoms with Gasteiger partial charge in [0.1, 0.15) is 5.82 Å². The number of halogens is 2. The van der Waals surface area contributed by atoms with Gasteiger partial charge in [0.15, 0.2) is 17.2 Å². The Balaban J connectivity index is 2.59. The second-order valence-electron chi connectivity index (χ2n) is 3.06. The summed E-state index contributed by atoms with van der Waals surface area (Å²) in [4.78, 5) is 0. The smallest absolute Gasteiger partial charge is 0.186 e. The largest absolute Gasteiger partial charge is 0.503 e. The molecule has 15 heavy (non-hydrogen) atoms. The van der Waals surface area contributed by atoms with Gasteiger partial charge in [-0.1, -0.05) is 16.8 Å². The number of benzene rings is 1. The van der Waals surface area contributed by atoms with Crippen LogP contribution in [0, 0.1) is 12.7 Å². The molecule has 1 heterocycles. The van der Waals surface area contributed by atoms with Crippen molar-refractivity contribution in [1.82, 2.24) is 5.16 Å². The van der Waals surface area contributed by atoms with Gasteiger partial charge in [0.2, 0.25) is 0 Å². The van der Waals surface area contributed by atoms with Crippen molar-refractivity contribution in [3.8, 4) is 17.0 Å². The van der Waals surface area contributed by atoms with Gasteiger partial charge in [-0.2, -0.15) is 0 Å². The summed E-state index contributed by atoms with van der Waals surface area (Å²) >= 11 is 5.60. The van der Waals surface area contributed by atoms with Gasteiger partial charge < -0.3 is 9.63 Å². The Bertz CT molecular complexity index is 510. The molecule has 3 nitrogen and oxygen atoms in total. The van der Waals surface area contributed by atoms with Crippen LogP contribution in [0.4, 0.5) is 4.39 Å². The Morgan fingerprint density at radius 3 is 2.73 bits per heavy atom. The second-order valence-corrected chi connectivity index (χ2v) is 3.50. The third-order valence-corrected chi connectivity index (χ3v) is 2.25. The van der Waals surface area contributed by atoms with E-state index in [9.17, 15) is 9.50 Å². The summed E-state index contributed by atoms with van der Waals surface area (Å²) in [5.74, 6) is -0.457. The summed E-state index contributed by atoms with van der Waals surface area (Å²) in [7, 11) is 0. The van der Waals surface area contributed by atoms with Crippen molar-refractivity contribution < 1.29 is 14.0 Å². The van der Waals surface area contributed by atoms with Crippen molar-refractivity contribution in [3.05, 3.63) is 34.8 Å². The van der Waals surface area contributed by atoms with E-state index in [2.05, 4.69) is 5.16 Å². The van der Waals surface area contributed by atoms with Crippen LogP contribution < -0.4 is 0 Å². The van der Waals surface area contributed by atoms with Crippen LogP contribution in [0.25, 0.3) is 11.3 Å². The number of hydrogen-bond acceptors (Lipinski definition) is 3. The third-order valence-electron chi connectivity index (χ3n) is 2.02. The zero-order valence-electron chi connectivity index (χ0n) is 7.79. The molecule has 78 valence electrons. The normalized spacial score (nSPS) is 10.6. The number of aryl methyl sites for hydroxylation is 1. The predicted octanol–water partition coefficient (Wildman–Crippen LogP) is 3.15. The molecule has 0 aliphatic rings. The first kappa shape index (κ1) is 9.98. The van der Waals surface area contributed by atoms with E-state index in [4.69, 9.17) is 16.1 Å². The van der Waals surface area contributed by atoms with Gasteiger partial charge in [0.05, 0.1) is 0 Å². The van der Waals surface area contributed by atoms with E-state index >= 15 is 0 Å². The van der Waals surface area contributed by atoms with Gasteiger partial charge in [0, 0.05) is 17.5 Å². The molecule has 0 bridgehead atoms. The third kappa shape index (κ3) is 1.68. The molecule has 0 aliphatic heterocycles. The van der Waals surface area contributed by atoms with Gasteiger partial charge in [-0.15, -0.1) is 0 Å². The van der Waals surface area contributed by atoms with Crippen molar-refractivity contribution in [2.24, 2.45) is 0 Å². The van der Waals surface area contributed by atoms with E-state index in [0.717, 1.165) is 6.07 Å². The molecular weight excluding hydrogens is 221 g/mol. The maximum Gasteiger partial charge on any atom is 0.186 e. The van der Waals surface area contributed by atoms with E-state index in [1.54, 1.807) is 6.92 Å². The van der Waals surface area contributed by atoms with Crippen molar-refractivity contribution in [1.29, 1.82) is 0 Å². The molecule has 0 aliphatic carbocycles. The number of aromatic nitrogens is 1. The monoisotopic (exact) mass is 227 g/mol. The van der Waals surface area contributed by atoms with Crippen LogP contribution in [-0.4, -0.2) is 10.3 Å². The Hall–Kier alpha value is -1.55. The topological polar surface area (TPSA) is 46.3 Å². The van der Waals surface area contributed by atoms with Crippen molar-refractivity contribution in [2.75, 3.05) is 0 Å². The summed E-state index contributed by atoms with van der Waals surface area (Å²) in [5.41, 5.74) is 0.246. The average Bonchev–Trinajstić information content (AvgIpc) is 2.49. The Kier molecular flexibility index (Phi) is 2.36. The molecule has 0 amide bonds. The highest BCUT2D eigenvalue weighted by Gasteiger charge is 2.16. The Labute approximate surface area is 90.1 Å². The lowest BCUT2D eigenvalue weighted by molar-refractivity contribution is 0.384. The van der Waals surface area contributed by atoms with Gasteiger partial charge in [0.25, 0.3) is 0 Å². The maximum absolute atomic E-state index is 13.4. The summed E-state index contributed by atoms with van der Waals surface area (Å²) in [5, 5.41) is 13.4. The standard InChI is InChI=1S/C10H7ClFNO2/c1-5-10(14)9(13-15-5)7-3-2-6(11)4-8(7)12/h2-4,14H,1H3. The summed E-state index contributed by atoms with van der Waals surface area (Å²) in [6.07, 6.45) is 0. The van der Waals surface area contributed by atoms with Crippen LogP contribution in [0.1, 0.15) is 5.76 Å². The molecule has 1 N–H and O–H groups in total. The molecule has 0 unspecified atom stereocenters. The molecular formula is C10H7ClFNO2. The number of nitrogens with zero attached hydrogens (tertiary/aromatic N) is 1. The molecule has 0 saturated carbocycles. The van der Waals surface area contributed by atoms with Crippen molar-refractivity contribution >= 4 is 11.6 Å². The van der Waals surface area contributed by atoms with E-state index < -0.39 is 5.82 Å². The molecule has 2 rings (SSSR count). The summed E-state index contributed by atoms with van der Waals surface area (Å²) < 4.78 is 18.2. The predicted molar refractivity (Wildman–Crippen MR) is 53.3 cm³/mol. The zero-order chi connectivity index (χ0) is 11.0. The van der Waals surface area contributed by atoms with E-state index in [-0.39, 0.29) is 27.8 Å². The van der Waals surface area contributed by atoms with Crippen LogP contribution in [0.15, 0.2) is 22.7 Å². The van der Waals surface area contributed by atoms with Crippen molar-refractivity contribution in [3.63, 3.8) is 0 Å². The number of hydrogen-bond donors (Lipinski definition) is 1. The summed E-state index contributed by atoms with van der Waals surface area (Å²) in [6, 6.07) is 4.11. The lowest BCUT2D eigenvalue weighted by atomic mass is 10.1. The Morgan fingerprint density at radius 1 is 1.47 bits per heavy atom. The van der Waals surface area contributed by atoms with Gasteiger partial charge in [-0.05, 0) is 18.2 Å². The van der Waals surface area contributed by atoms with Gasteiger partial charge in [-0.25, -0.2) is 4.39 Å². The fourth-order valence-corrected chi connectivity index (χ4v) is 1.38. The van der Waals surface area contributed by atoms with Gasteiger partial charge in [-0.3, -0.25) is 0 Å².